The van der Waals surface area contributed by atoms with E-state index in [1.807, 2.05) is 0 Å². The van der Waals surface area contributed by atoms with Gasteiger partial charge in [0.25, 0.3) is 0 Å². The molecule has 0 bridgehead atoms. The molecule has 0 amide bonds. The van der Waals surface area contributed by atoms with E-state index in [4.69, 9.17) is 9.47 Å². The summed E-state index contributed by atoms with van der Waals surface area (Å²) in [6.45, 7) is 0.706. The second-order valence-electron chi connectivity index (χ2n) is 3.47. The first-order valence-corrected chi connectivity index (χ1v) is 5.77. The number of ether oxygens (including phenoxy) is 2. The maximum Gasteiger partial charge on any atom is 0.307 e. The van der Waals surface area contributed by atoms with Crippen LogP contribution in [0.3, 0.4) is 0 Å². The third-order valence-electron chi connectivity index (χ3n) is 2.35. The average Bonchev–Trinajstić information content (AvgIpc) is 2.73. The number of halogens is 1. The zero-order valence-corrected chi connectivity index (χ0v) is 7.85. The minimum absolute atomic E-state index is 0.0560. The minimum Gasteiger partial charge on any atom is -0.346 e. The molecule has 2 fully saturated rings. The fourth-order valence-electron chi connectivity index (χ4n) is 1.67. The van der Waals surface area contributed by atoms with Crippen molar-refractivity contribution in [2.45, 2.75) is 18.6 Å². The highest BCUT2D eigenvalue weighted by Crippen LogP contribution is 2.45. The predicted octanol–water partition coefficient (Wildman–Crippen LogP) is 0.439. The molecule has 0 aromatic heterocycles. The molecule has 0 radical (unpaired) electrons. The molecule has 0 atom stereocenters. The van der Waals surface area contributed by atoms with E-state index in [9.17, 15) is 12.3 Å². The van der Waals surface area contributed by atoms with E-state index in [2.05, 4.69) is 0 Å². The molecule has 1 saturated carbocycles. The topological polar surface area (TPSA) is 52.6 Å². The van der Waals surface area contributed by atoms with Gasteiger partial charge in [-0.15, -0.1) is 3.89 Å². The van der Waals surface area contributed by atoms with E-state index >= 15 is 0 Å². The number of hydrogen-bond acceptors (Lipinski definition) is 4. The Morgan fingerprint density at radius 1 is 1.31 bits per heavy atom. The van der Waals surface area contributed by atoms with Crippen molar-refractivity contribution in [2.75, 3.05) is 19.0 Å². The molecule has 2 aliphatic rings. The lowest BCUT2D eigenvalue weighted by Gasteiger charge is -2.24. The summed E-state index contributed by atoms with van der Waals surface area (Å²) < 4.78 is 43.9. The van der Waals surface area contributed by atoms with Crippen LogP contribution in [-0.4, -0.2) is 33.2 Å². The molecule has 2 rings (SSSR count). The Balaban J connectivity index is 2.13. The standard InChI is InChI=1S/C7H11FO4S/c8-13(9,10)5-7(6-1-2-6)11-3-4-12-7/h6H,1-5H2. The minimum atomic E-state index is -4.52. The molecule has 1 aliphatic heterocycles. The van der Waals surface area contributed by atoms with Gasteiger partial charge < -0.3 is 9.47 Å². The van der Waals surface area contributed by atoms with E-state index in [-0.39, 0.29) is 5.92 Å². The van der Waals surface area contributed by atoms with Crippen molar-refractivity contribution in [1.29, 1.82) is 0 Å². The second kappa shape index (κ2) is 2.90. The second-order valence-corrected chi connectivity index (χ2v) is 4.83. The molecule has 1 heterocycles. The molecule has 0 N–H and O–H groups in total. The van der Waals surface area contributed by atoms with E-state index in [0.29, 0.717) is 13.2 Å². The van der Waals surface area contributed by atoms with Gasteiger partial charge in [0.1, 0.15) is 5.75 Å². The van der Waals surface area contributed by atoms with Crippen LogP contribution in [0.2, 0.25) is 0 Å². The molecule has 1 saturated heterocycles. The van der Waals surface area contributed by atoms with Crippen LogP contribution < -0.4 is 0 Å². The van der Waals surface area contributed by atoms with Crippen molar-refractivity contribution >= 4 is 10.2 Å². The largest absolute Gasteiger partial charge is 0.346 e. The normalized spacial score (nSPS) is 27.8. The number of rotatable bonds is 3. The monoisotopic (exact) mass is 210 g/mol. The summed E-state index contributed by atoms with van der Waals surface area (Å²) in [6.07, 6.45) is 1.71. The molecule has 0 aromatic carbocycles. The summed E-state index contributed by atoms with van der Waals surface area (Å²) in [4.78, 5) is 0. The average molecular weight is 210 g/mol. The van der Waals surface area contributed by atoms with E-state index in [1.165, 1.54) is 0 Å². The van der Waals surface area contributed by atoms with Crippen molar-refractivity contribution in [3.8, 4) is 0 Å². The lowest BCUT2D eigenvalue weighted by molar-refractivity contribution is -0.154. The van der Waals surface area contributed by atoms with Crippen LogP contribution in [0, 0.1) is 5.92 Å². The summed E-state index contributed by atoms with van der Waals surface area (Å²) in [5.41, 5.74) is 0. The molecule has 0 aromatic rings. The first-order chi connectivity index (χ1) is 6.02. The van der Waals surface area contributed by atoms with Crippen LogP contribution >= 0.6 is 0 Å². The van der Waals surface area contributed by atoms with Crippen LogP contribution in [0.15, 0.2) is 0 Å². The number of hydrogen-bond donors (Lipinski definition) is 0. The molecule has 0 unspecified atom stereocenters. The summed E-state index contributed by atoms with van der Waals surface area (Å²) in [6, 6.07) is 0. The SMILES string of the molecule is O=S(=O)(F)CC1(C2CC2)OCCO1. The fraction of sp³-hybridized carbons (Fsp3) is 1.00. The van der Waals surface area contributed by atoms with Crippen molar-refractivity contribution < 1.29 is 21.8 Å². The van der Waals surface area contributed by atoms with Gasteiger partial charge in [0.05, 0.1) is 13.2 Å². The van der Waals surface area contributed by atoms with Crippen LogP contribution in [0.5, 0.6) is 0 Å². The van der Waals surface area contributed by atoms with Gasteiger partial charge in [-0.2, -0.15) is 8.42 Å². The van der Waals surface area contributed by atoms with Gasteiger partial charge >= 0.3 is 10.2 Å². The highest BCUT2D eigenvalue weighted by molar-refractivity contribution is 7.86. The van der Waals surface area contributed by atoms with E-state index in [0.717, 1.165) is 12.8 Å². The molecule has 0 spiro atoms. The van der Waals surface area contributed by atoms with Crippen molar-refractivity contribution in [2.24, 2.45) is 5.92 Å². The Kier molecular flexibility index (Phi) is 2.08. The molecule has 6 heteroatoms. The Bertz CT molecular complexity index is 290. The van der Waals surface area contributed by atoms with Gasteiger partial charge in [-0.3, -0.25) is 0 Å². The Morgan fingerprint density at radius 3 is 2.23 bits per heavy atom. The third-order valence-corrected chi connectivity index (χ3v) is 3.10. The summed E-state index contributed by atoms with van der Waals surface area (Å²) in [5, 5.41) is 0. The Morgan fingerprint density at radius 2 is 1.85 bits per heavy atom. The van der Waals surface area contributed by atoms with Crippen molar-refractivity contribution in [1.82, 2.24) is 0 Å². The van der Waals surface area contributed by atoms with Crippen molar-refractivity contribution in [3.05, 3.63) is 0 Å². The molecule has 76 valence electrons. The zero-order chi connectivity index (χ0) is 9.53. The highest BCUT2D eigenvalue weighted by atomic mass is 32.3. The van der Waals surface area contributed by atoms with Gasteiger partial charge in [0.2, 0.25) is 0 Å². The predicted molar refractivity (Wildman–Crippen MR) is 42.3 cm³/mol. The van der Waals surface area contributed by atoms with Crippen LogP contribution in [0.1, 0.15) is 12.8 Å². The third kappa shape index (κ3) is 2.00. The lowest BCUT2D eigenvalue weighted by atomic mass is 10.2. The smallest absolute Gasteiger partial charge is 0.307 e. The molecule has 4 nitrogen and oxygen atoms in total. The van der Waals surface area contributed by atoms with Crippen molar-refractivity contribution in [3.63, 3.8) is 0 Å². The molecule has 13 heavy (non-hydrogen) atoms. The maximum atomic E-state index is 12.5. The molecular weight excluding hydrogens is 199 g/mol. The molecular formula is C7H11FO4S. The maximum absolute atomic E-state index is 12.5. The fourth-order valence-corrected chi connectivity index (χ4v) is 2.55. The lowest BCUT2D eigenvalue weighted by Crippen LogP contribution is -2.39. The summed E-state index contributed by atoms with van der Waals surface area (Å²) in [7, 11) is -4.52. The highest BCUT2D eigenvalue weighted by Gasteiger charge is 2.52. The van der Waals surface area contributed by atoms with Gasteiger partial charge in [-0.25, -0.2) is 0 Å². The van der Waals surface area contributed by atoms with E-state index in [1.54, 1.807) is 0 Å². The van der Waals surface area contributed by atoms with E-state index < -0.39 is 21.8 Å². The Hall–Kier alpha value is -0.200. The summed E-state index contributed by atoms with van der Waals surface area (Å²) in [5.74, 6) is -1.78. The van der Waals surface area contributed by atoms with Crippen LogP contribution in [-0.2, 0) is 19.7 Å². The van der Waals surface area contributed by atoms with Gasteiger partial charge in [0, 0.05) is 5.92 Å². The first-order valence-electron chi connectivity index (χ1n) is 4.22. The zero-order valence-electron chi connectivity index (χ0n) is 7.03. The van der Waals surface area contributed by atoms with Crippen LogP contribution in [0.25, 0.3) is 0 Å². The van der Waals surface area contributed by atoms with Gasteiger partial charge in [-0.1, -0.05) is 0 Å². The van der Waals surface area contributed by atoms with Gasteiger partial charge in [0.15, 0.2) is 5.79 Å². The van der Waals surface area contributed by atoms with Gasteiger partial charge in [-0.05, 0) is 12.8 Å². The molecule has 1 aliphatic carbocycles. The first kappa shape index (κ1) is 9.36. The summed E-state index contributed by atoms with van der Waals surface area (Å²) >= 11 is 0. The Labute approximate surface area is 76.2 Å². The quantitative estimate of drug-likeness (QED) is 0.634. The van der Waals surface area contributed by atoms with Crippen LogP contribution in [0.4, 0.5) is 3.89 Å².